The number of halogens is 2. The van der Waals surface area contributed by atoms with Crippen molar-refractivity contribution < 1.29 is 18.7 Å². The number of hydrogen-bond acceptors (Lipinski definition) is 1. The standard InChI is InChI=1S/C6H8F2O2/c7-4-2-1-3-6(4,8)5(9)10/h4H,1-3H2,(H,9,10). The van der Waals surface area contributed by atoms with E-state index in [1.54, 1.807) is 0 Å². The zero-order valence-corrected chi connectivity index (χ0v) is 5.31. The molecule has 1 N–H and O–H groups in total. The zero-order chi connectivity index (χ0) is 7.78. The van der Waals surface area contributed by atoms with E-state index in [1.807, 2.05) is 0 Å². The van der Waals surface area contributed by atoms with Gasteiger partial charge in [0.2, 0.25) is 5.67 Å². The highest BCUT2D eigenvalue weighted by Gasteiger charge is 2.50. The summed E-state index contributed by atoms with van der Waals surface area (Å²) in [7, 11) is 0. The minimum absolute atomic E-state index is 0.0306. The van der Waals surface area contributed by atoms with Crippen molar-refractivity contribution in [3.63, 3.8) is 0 Å². The first-order valence-electron chi connectivity index (χ1n) is 3.14. The molecule has 0 aromatic carbocycles. The lowest BCUT2D eigenvalue weighted by Crippen LogP contribution is -2.38. The Kier molecular flexibility index (Phi) is 1.62. The summed E-state index contributed by atoms with van der Waals surface area (Å²) in [4.78, 5) is 10.1. The maximum Gasteiger partial charge on any atom is 0.344 e. The van der Waals surface area contributed by atoms with Crippen LogP contribution in [0.15, 0.2) is 0 Å². The van der Waals surface area contributed by atoms with E-state index < -0.39 is 17.8 Å². The smallest absolute Gasteiger partial charge is 0.344 e. The Bertz CT molecular complexity index is 160. The van der Waals surface area contributed by atoms with Crippen molar-refractivity contribution in [3.05, 3.63) is 0 Å². The molecule has 1 fully saturated rings. The Labute approximate surface area is 56.8 Å². The third-order valence-electron chi connectivity index (χ3n) is 1.85. The number of hydrogen-bond donors (Lipinski definition) is 1. The van der Waals surface area contributed by atoms with E-state index in [0.29, 0.717) is 6.42 Å². The van der Waals surface area contributed by atoms with Gasteiger partial charge in [0.1, 0.15) is 6.17 Å². The second-order valence-electron chi connectivity index (χ2n) is 2.53. The van der Waals surface area contributed by atoms with Crippen molar-refractivity contribution >= 4 is 5.97 Å². The van der Waals surface area contributed by atoms with E-state index in [1.165, 1.54) is 0 Å². The molecule has 4 heteroatoms. The van der Waals surface area contributed by atoms with Gasteiger partial charge in [0.05, 0.1) is 0 Å². The van der Waals surface area contributed by atoms with Crippen molar-refractivity contribution in [2.75, 3.05) is 0 Å². The molecule has 1 aliphatic rings. The highest BCUT2D eigenvalue weighted by Crippen LogP contribution is 2.36. The third kappa shape index (κ3) is 0.874. The molecule has 1 saturated carbocycles. The second kappa shape index (κ2) is 2.18. The zero-order valence-electron chi connectivity index (χ0n) is 5.31. The van der Waals surface area contributed by atoms with E-state index in [4.69, 9.17) is 5.11 Å². The monoisotopic (exact) mass is 150 g/mol. The predicted molar refractivity (Wildman–Crippen MR) is 30.2 cm³/mol. The molecule has 1 rings (SSSR count). The Morgan fingerprint density at radius 1 is 1.70 bits per heavy atom. The summed E-state index contributed by atoms with van der Waals surface area (Å²) < 4.78 is 25.3. The second-order valence-corrected chi connectivity index (χ2v) is 2.53. The lowest BCUT2D eigenvalue weighted by Gasteiger charge is -2.15. The quantitative estimate of drug-likeness (QED) is 0.611. The molecule has 0 aromatic heterocycles. The van der Waals surface area contributed by atoms with Crippen LogP contribution >= 0.6 is 0 Å². The highest BCUT2D eigenvalue weighted by molar-refractivity contribution is 5.78. The Morgan fingerprint density at radius 3 is 2.50 bits per heavy atom. The summed E-state index contributed by atoms with van der Waals surface area (Å²) in [5.74, 6) is -1.67. The summed E-state index contributed by atoms with van der Waals surface area (Å²) in [5.41, 5.74) is -2.60. The highest BCUT2D eigenvalue weighted by atomic mass is 19.2. The third-order valence-corrected chi connectivity index (χ3v) is 1.85. The molecule has 0 saturated heterocycles. The van der Waals surface area contributed by atoms with Gasteiger partial charge in [-0.25, -0.2) is 13.6 Å². The molecule has 1 aliphatic carbocycles. The van der Waals surface area contributed by atoms with E-state index in [-0.39, 0.29) is 12.8 Å². The first-order valence-corrected chi connectivity index (χ1v) is 3.14. The van der Waals surface area contributed by atoms with Crippen LogP contribution in [0.5, 0.6) is 0 Å². The molecule has 2 unspecified atom stereocenters. The van der Waals surface area contributed by atoms with Gasteiger partial charge in [0.15, 0.2) is 0 Å². The van der Waals surface area contributed by atoms with Crippen LogP contribution in [0.2, 0.25) is 0 Å². The Morgan fingerprint density at radius 2 is 2.30 bits per heavy atom. The first kappa shape index (κ1) is 7.44. The summed E-state index contributed by atoms with van der Waals surface area (Å²) >= 11 is 0. The van der Waals surface area contributed by atoms with Crippen LogP contribution in [-0.4, -0.2) is 22.9 Å². The number of carboxylic acids is 1. The molecular weight excluding hydrogens is 142 g/mol. The molecule has 0 aromatic rings. The van der Waals surface area contributed by atoms with Crippen molar-refractivity contribution in [2.45, 2.75) is 31.1 Å². The summed E-state index contributed by atoms with van der Waals surface area (Å²) in [5, 5.41) is 8.23. The van der Waals surface area contributed by atoms with Gasteiger partial charge in [-0.05, 0) is 19.3 Å². The van der Waals surface area contributed by atoms with Gasteiger partial charge < -0.3 is 5.11 Å². The topological polar surface area (TPSA) is 37.3 Å². The average molecular weight is 150 g/mol. The predicted octanol–water partition coefficient (Wildman–Crippen LogP) is 1.30. The number of alkyl halides is 2. The number of rotatable bonds is 1. The van der Waals surface area contributed by atoms with E-state index in [9.17, 15) is 13.6 Å². The van der Waals surface area contributed by atoms with Crippen LogP contribution in [-0.2, 0) is 4.79 Å². The molecule has 2 nitrogen and oxygen atoms in total. The molecule has 0 amide bonds. The summed E-state index contributed by atoms with van der Waals surface area (Å²) in [6.45, 7) is 0. The van der Waals surface area contributed by atoms with Gasteiger partial charge in [-0.3, -0.25) is 0 Å². The van der Waals surface area contributed by atoms with Crippen molar-refractivity contribution in [3.8, 4) is 0 Å². The molecule has 0 bridgehead atoms. The van der Waals surface area contributed by atoms with Crippen molar-refractivity contribution in [1.82, 2.24) is 0 Å². The molecule has 2 atom stereocenters. The van der Waals surface area contributed by atoms with Crippen LogP contribution < -0.4 is 0 Å². The summed E-state index contributed by atoms with van der Waals surface area (Å²) in [6, 6.07) is 0. The van der Waals surface area contributed by atoms with Gasteiger partial charge in [-0.2, -0.15) is 0 Å². The fourth-order valence-corrected chi connectivity index (χ4v) is 1.16. The first-order chi connectivity index (χ1) is 4.57. The van der Waals surface area contributed by atoms with E-state index in [2.05, 4.69) is 0 Å². The molecule has 0 heterocycles. The molecule has 0 spiro atoms. The largest absolute Gasteiger partial charge is 0.479 e. The minimum Gasteiger partial charge on any atom is -0.479 e. The van der Waals surface area contributed by atoms with Crippen LogP contribution in [0.4, 0.5) is 8.78 Å². The normalized spacial score (nSPS) is 40.0. The maximum absolute atomic E-state index is 12.9. The van der Waals surface area contributed by atoms with Gasteiger partial charge in [0, 0.05) is 0 Å². The number of carboxylic acid groups (broad SMARTS) is 1. The Balaban J connectivity index is 2.75. The lowest BCUT2D eigenvalue weighted by molar-refractivity contribution is -0.154. The van der Waals surface area contributed by atoms with Crippen LogP contribution in [0.25, 0.3) is 0 Å². The Hall–Kier alpha value is -0.670. The van der Waals surface area contributed by atoms with Gasteiger partial charge >= 0.3 is 5.97 Å². The summed E-state index contributed by atoms with van der Waals surface area (Å²) in [6.07, 6.45) is -1.65. The van der Waals surface area contributed by atoms with Gasteiger partial charge in [-0.15, -0.1) is 0 Å². The van der Waals surface area contributed by atoms with Crippen LogP contribution in [0, 0.1) is 0 Å². The SMILES string of the molecule is O=C(O)C1(F)CCCC1F. The fraction of sp³-hybridized carbons (Fsp3) is 0.833. The molecule has 10 heavy (non-hydrogen) atoms. The van der Waals surface area contributed by atoms with Gasteiger partial charge in [0.25, 0.3) is 0 Å². The van der Waals surface area contributed by atoms with Crippen LogP contribution in [0.1, 0.15) is 19.3 Å². The maximum atomic E-state index is 12.9. The number of aliphatic carboxylic acids is 1. The minimum atomic E-state index is -2.60. The van der Waals surface area contributed by atoms with Crippen LogP contribution in [0.3, 0.4) is 0 Å². The van der Waals surface area contributed by atoms with Crippen molar-refractivity contribution in [2.24, 2.45) is 0 Å². The molecular formula is C6H8F2O2. The molecule has 0 aliphatic heterocycles. The molecule has 0 radical (unpaired) electrons. The van der Waals surface area contributed by atoms with Gasteiger partial charge in [-0.1, -0.05) is 0 Å². The van der Waals surface area contributed by atoms with E-state index >= 15 is 0 Å². The van der Waals surface area contributed by atoms with E-state index in [0.717, 1.165) is 0 Å². The molecule has 58 valence electrons. The fourth-order valence-electron chi connectivity index (χ4n) is 1.16. The lowest BCUT2D eigenvalue weighted by atomic mass is 10.0. The van der Waals surface area contributed by atoms with Crippen molar-refractivity contribution in [1.29, 1.82) is 0 Å². The number of carbonyl (C=O) groups is 1. The average Bonchev–Trinajstić information content (AvgIpc) is 2.15.